The molecule has 2 aromatic rings. The normalized spacial score (nSPS) is 22.0. The number of likely N-dealkylation sites (tertiary alicyclic amines) is 1. The third-order valence-corrected chi connectivity index (χ3v) is 3.37. The third kappa shape index (κ3) is 1.58. The summed E-state index contributed by atoms with van der Waals surface area (Å²) in [6.45, 7) is 2.16. The molecule has 1 atom stereocenters. The first-order valence-corrected chi connectivity index (χ1v) is 5.81. The largest absolute Gasteiger partial charge is 0.306 e. The topological polar surface area (TPSA) is 33.4 Å². The molecule has 1 unspecified atom stereocenters. The van der Waals surface area contributed by atoms with E-state index in [1.54, 1.807) is 4.52 Å². The van der Waals surface area contributed by atoms with Crippen molar-refractivity contribution in [3.8, 4) is 0 Å². The molecule has 16 heavy (non-hydrogen) atoms. The predicted molar refractivity (Wildman–Crippen MR) is 62.9 cm³/mol. The second-order valence-corrected chi connectivity index (χ2v) is 4.72. The van der Waals surface area contributed by atoms with Crippen LogP contribution in [0.2, 0.25) is 5.15 Å². The molecule has 1 aliphatic rings. The second kappa shape index (κ2) is 3.71. The van der Waals surface area contributed by atoms with Gasteiger partial charge >= 0.3 is 0 Å². The van der Waals surface area contributed by atoms with Crippen molar-refractivity contribution >= 4 is 17.2 Å². The standard InChI is InChI=1S/C11H13ClN4/c1-15-6-5-8(7-15)11-13-10-4-2-3-9(12)16(10)14-11/h2-4,8H,5-7H2,1H3. The highest BCUT2D eigenvalue weighted by Crippen LogP contribution is 2.24. The van der Waals surface area contributed by atoms with Crippen molar-refractivity contribution in [3.63, 3.8) is 0 Å². The third-order valence-electron chi connectivity index (χ3n) is 3.09. The average molecular weight is 237 g/mol. The van der Waals surface area contributed by atoms with Crippen LogP contribution in [-0.4, -0.2) is 39.6 Å². The number of pyridine rings is 1. The fourth-order valence-electron chi connectivity index (χ4n) is 2.21. The van der Waals surface area contributed by atoms with E-state index in [0.717, 1.165) is 31.0 Å². The summed E-state index contributed by atoms with van der Waals surface area (Å²) >= 11 is 6.06. The quantitative estimate of drug-likeness (QED) is 0.708. The predicted octanol–water partition coefficient (Wildman–Crippen LogP) is 1.80. The van der Waals surface area contributed by atoms with E-state index in [4.69, 9.17) is 11.6 Å². The van der Waals surface area contributed by atoms with Crippen LogP contribution in [0, 0.1) is 0 Å². The molecule has 3 heterocycles. The zero-order valence-electron chi connectivity index (χ0n) is 9.10. The molecule has 1 fully saturated rings. The van der Waals surface area contributed by atoms with E-state index >= 15 is 0 Å². The molecular weight excluding hydrogens is 224 g/mol. The van der Waals surface area contributed by atoms with Crippen molar-refractivity contribution in [1.82, 2.24) is 19.5 Å². The summed E-state index contributed by atoms with van der Waals surface area (Å²) in [4.78, 5) is 6.83. The fraction of sp³-hybridized carbons (Fsp3) is 0.455. The lowest BCUT2D eigenvalue weighted by Crippen LogP contribution is -2.13. The first-order chi connectivity index (χ1) is 7.74. The molecule has 2 aromatic heterocycles. The molecule has 1 aliphatic heterocycles. The zero-order chi connectivity index (χ0) is 11.1. The van der Waals surface area contributed by atoms with E-state index in [0.29, 0.717) is 11.1 Å². The van der Waals surface area contributed by atoms with Crippen LogP contribution in [-0.2, 0) is 0 Å². The molecule has 0 radical (unpaired) electrons. The lowest BCUT2D eigenvalue weighted by Gasteiger charge is -2.05. The molecule has 0 N–H and O–H groups in total. The van der Waals surface area contributed by atoms with Gasteiger partial charge in [0.25, 0.3) is 0 Å². The Kier molecular flexibility index (Phi) is 2.33. The number of rotatable bonds is 1. The van der Waals surface area contributed by atoms with Gasteiger partial charge in [0, 0.05) is 12.5 Å². The smallest absolute Gasteiger partial charge is 0.157 e. The van der Waals surface area contributed by atoms with E-state index < -0.39 is 0 Å². The van der Waals surface area contributed by atoms with Crippen molar-refractivity contribution in [2.75, 3.05) is 20.1 Å². The van der Waals surface area contributed by atoms with E-state index in [2.05, 4.69) is 22.0 Å². The Morgan fingerprint density at radius 1 is 1.44 bits per heavy atom. The highest BCUT2D eigenvalue weighted by molar-refractivity contribution is 6.29. The fourth-order valence-corrected chi connectivity index (χ4v) is 2.41. The van der Waals surface area contributed by atoms with Crippen molar-refractivity contribution < 1.29 is 0 Å². The van der Waals surface area contributed by atoms with E-state index in [1.165, 1.54) is 0 Å². The molecule has 84 valence electrons. The Hall–Kier alpha value is -1.13. The molecule has 0 aromatic carbocycles. The molecular formula is C11H13ClN4. The molecule has 5 heteroatoms. The van der Waals surface area contributed by atoms with Crippen molar-refractivity contribution in [2.45, 2.75) is 12.3 Å². The number of hydrogen-bond acceptors (Lipinski definition) is 3. The van der Waals surface area contributed by atoms with Gasteiger partial charge in [-0.2, -0.15) is 0 Å². The molecule has 0 amide bonds. The number of likely N-dealkylation sites (N-methyl/N-ethyl adjacent to an activating group) is 1. The minimum absolute atomic E-state index is 0.445. The van der Waals surface area contributed by atoms with Gasteiger partial charge in [-0.15, -0.1) is 5.10 Å². The molecule has 4 nitrogen and oxygen atoms in total. The maximum absolute atomic E-state index is 6.06. The van der Waals surface area contributed by atoms with Crippen LogP contribution in [0.5, 0.6) is 0 Å². The van der Waals surface area contributed by atoms with Gasteiger partial charge in [-0.05, 0) is 32.1 Å². The SMILES string of the molecule is CN1CCC(c2nc3cccc(Cl)n3n2)C1. The average Bonchev–Trinajstić information content (AvgIpc) is 2.84. The van der Waals surface area contributed by atoms with Crippen LogP contribution in [0.3, 0.4) is 0 Å². The van der Waals surface area contributed by atoms with Crippen LogP contribution < -0.4 is 0 Å². The maximum atomic E-state index is 6.06. The first-order valence-electron chi connectivity index (χ1n) is 5.44. The highest BCUT2D eigenvalue weighted by Gasteiger charge is 2.24. The van der Waals surface area contributed by atoms with Crippen LogP contribution >= 0.6 is 11.6 Å². The molecule has 0 aliphatic carbocycles. The Labute approximate surface area is 98.8 Å². The van der Waals surface area contributed by atoms with Crippen LogP contribution in [0.4, 0.5) is 0 Å². The number of nitrogens with zero attached hydrogens (tertiary/aromatic N) is 4. The van der Waals surface area contributed by atoms with Crippen molar-refractivity contribution in [1.29, 1.82) is 0 Å². The minimum Gasteiger partial charge on any atom is -0.306 e. The van der Waals surface area contributed by atoms with Gasteiger partial charge in [-0.25, -0.2) is 9.50 Å². The monoisotopic (exact) mass is 236 g/mol. The van der Waals surface area contributed by atoms with E-state index in [1.807, 2.05) is 18.2 Å². The lowest BCUT2D eigenvalue weighted by atomic mass is 10.1. The Morgan fingerprint density at radius 3 is 3.00 bits per heavy atom. The van der Waals surface area contributed by atoms with Gasteiger partial charge in [0.15, 0.2) is 11.5 Å². The molecule has 1 saturated heterocycles. The summed E-state index contributed by atoms with van der Waals surface area (Å²) in [7, 11) is 2.13. The second-order valence-electron chi connectivity index (χ2n) is 4.34. The molecule has 0 bridgehead atoms. The zero-order valence-corrected chi connectivity index (χ0v) is 9.85. The molecule has 0 spiro atoms. The van der Waals surface area contributed by atoms with Gasteiger partial charge < -0.3 is 4.90 Å². The number of fused-ring (bicyclic) bond motifs is 1. The van der Waals surface area contributed by atoms with E-state index in [-0.39, 0.29) is 0 Å². The number of halogens is 1. The number of aromatic nitrogens is 3. The summed E-state index contributed by atoms with van der Waals surface area (Å²) in [6, 6.07) is 5.66. The van der Waals surface area contributed by atoms with Crippen LogP contribution in [0.1, 0.15) is 18.2 Å². The van der Waals surface area contributed by atoms with Crippen LogP contribution in [0.25, 0.3) is 5.65 Å². The van der Waals surface area contributed by atoms with Gasteiger partial charge in [-0.1, -0.05) is 17.7 Å². The minimum atomic E-state index is 0.445. The summed E-state index contributed by atoms with van der Waals surface area (Å²) in [6.07, 6.45) is 1.13. The molecule has 3 rings (SSSR count). The summed E-state index contributed by atoms with van der Waals surface area (Å²) in [5.41, 5.74) is 0.831. The van der Waals surface area contributed by atoms with Gasteiger partial charge in [0.2, 0.25) is 0 Å². The van der Waals surface area contributed by atoms with Crippen molar-refractivity contribution in [3.05, 3.63) is 29.2 Å². The van der Waals surface area contributed by atoms with Crippen LogP contribution in [0.15, 0.2) is 18.2 Å². The Bertz CT molecular complexity index is 522. The van der Waals surface area contributed by atoms with Crippen molar-refractivity contribution in [2.24, 2.45) is 0 Å². The Morgan fingerprint density at radius 2 is 2.31 bits per heavy atom. The summed E-state index contributed by atoms with van der Waals surface area (Å²) < 4.78 is 1.70. The van der Waals surface area contributed by atoms with Gasteiger partial charge in [-0.3, -0.25) is 0 Å². The number of hydrogen-bond donors (Lipinski definition) is 0. The van der Waals surface area contributed by atoms with Gasteiger partial charge in [0.1, 0.15) is 5.15 Å². The summed E-state index contributed by atoms with van der Waals surface area (Å²) in [5, 5.41) is 5.09. The van der Waals surface area contributed by atoms with E-state index in [9.17, 15) is 0 Å². The maximum Gasteiger partial charge on any atom is 0.157 e. The summed E-state index contributed by atoms with van der Waals surface area (Å²) in [5.74, 6) is 1.36. The molecule has 0 saturated carbocycles. The van der Waals surface area contributed by atoms with Gasteiger partial charge in [0.05, 0.1) is 0 Å². The lowest BCUT2D eigenvalue weighted by molar-refractivity contribution is 0.409. The highest BCUT2D eigenvalue weighted by atomic mass is 35.5. The Balaban J connectivity index is 2.02. The first kappa shape index (κ1) is 10.1.